The van der Waals surface area contributed by atoms with E-state index in [1.807, 2.05) is 0 Å². The molecule has 6 heteroatoms. The van der Waals surface area contributed by atoms with Crippen molar-refractivity contribution in [3.8, 4) is 0 Å². The van der Waals surface area contributed by atoms with Gasteiger partial charge in [0, 0.05) is 25.4 Å². The van der Waals surface area contributed by atoms with Gasteiger partial charge in [-0.15, -0.1) is 0 Å². The van der Waals surface area contributed by atoms with Crippen molar-refractivity contribution in [2.75, 3.05) is 11.4 Å². The molecule has 1 saturated heterocycles. The first-order chi connectivity index (χ1) is 12.2. The van der Waals surface area contributed by atoms with Crippen LogP contribution >= 0.6 is 0 Å². The molecule has 1 fully saturated rings. The van der Waals surface area contributed by atoms with Crippen LogP contribution in [0.2, 0.25) is 0 Å². The minimum Gasteiger partial charge on any atom is -0.423 e. The van der Waals surface area contributed by atoms with Crippen molar-refractivity contribution in [3.05, 3.63) is 41.2 Å². The molecule has 3 aromatic rings. The normalized spacial score (nSPS) is 20.4. The van der Waals surface area contributed by atoms with E-state index in [-0.39, 0.29) is 11.9 Å². The average molecular weight is 340 g/mol. The van der Waals surface area contributed by atoms with Crippen molar-refractivity contribution in [2.24, 2.45) is 7.05 Å². The standard InChI is InChI=1S/C19H21FN4O/c1-23-15-6-3-2-5-13(15)21-18(23)16-7-4-10-24(16)19-22-14-11-12(20)8-9-17(14)25-19/h8-9,11,16H,2-7,10H2,1H3/t16-/m0/s1. The van der Waals surface area contributed by atoms with E-state index >= 15 is 0 Å². The van der Waals surface area contributed by atoms with Gasteiger partial charge in [-0.25, -0.2) is 9.37 Å². The van der Waals surface area contributed by atoms with Gasteiger partial charge in [0.15, 0.2) is 5.58 Å². The molecule has 0 bridgehead atoms. The summed E-state index contributed by atoms with van der Waals surface area (Å²) in [5.41, 5.74) is 3.84. The number of anilines is 1. The largest absolute Gasteiger partial charge is 0.423 e. The Kier molecular flexibility index (Phi) is 3.33. The summed E-state index contributed by atoms with van der Waals surface area (Å²) in [5.74, 6) is 0.819. The fourth-order valence-corrected chi connectivity index (χ4v) is 4.28. The zero-order chi connectivity index (χ0) is 17.0. The Hall–Kier alpha value is -2.37. The molecule has 0 amide bonds. The quantitative estimate of drug-likeness (QED) is 0.709. The lowest BCUT2D eigenvalue weighted by Gasteiger charge is -2.22. The molecule has 3 heterocycles. The Morgan fingerprint density at radius 2 is 2.04 bits per heavy atom. The van der Waals surface area contributed by atoms with Crippen molar-refractivity contribution >= 4 is 17.1 Å². The summed E-state index contributed by atoms with van der Waals surface area (Å²) in [6.45, 7) is 0.886. The van der Waals surface area contributed by atoms with Crippen LogP contribution in [0.4, 0.5) is 10.4 Å². The van der Waals surface area contributed by atoms with Gasteiger partial charge >= 0.3 is 0 Å². The second-order valence-corrected chi connectivity index (χ2v) is 7.09. The molecule has 1 aliphatic heterocycles. The Bertz CT molecular complexity index is 944. The number of nitrogens with zero attached hydrogens (tertiary/aromatic N) is 4. The van der Waals surface area contributed by atoms with Crippen LogP contribution in [-0.2, 0) is 19.9 Å². The van der Waals surface area contributed by atoms with Crippen LogP contribution in [-0.4, -0.2) is 21.1 Å². The number of imidazole rings is 1. The summed E-state index contributed by atoms with van der Waals surface area (Å²) >= 11 is 0. The van der Waals surface area contributed by atoms with Gasteiger partial charge in [-0.1, -0.05) is 0 Å². The zero-order valence-corrected chi connectivity index (χ0v) is 14.3. The number of halogens is 1. The Labute approximate surface area is 145 Å². The molecule has 1 atom stereocenters. The van der Waals surface area contributed by atoms with Gasteiger partial charge in [-0.3, -0.25) is 0 Å². The molecular formula is C19H21FN4O. The third kappa shape index (κ3) is 2.34. The number of oxazole rings is 1. The zero-order valence-electron chi connectivity index (χ0n) is 14.3. The summed E-state index contributed by atoms with van der Waals surface area (Å²) in [4.78, 5) is 11.7. The number of aromatic nitrogens is 3. The first kappa shape index (κ1) is 14.9. The van der Waals surface area contributed by atoms with Gasteiger partial charge in [0.25, 0.3) is 6.01 Å². The Morgan fingerprint density at radius 3 is 2.92 bits per heavy atom. The van der Waals surface area contributed by atoms with Crippen molar-refractivity contribution in [3.63, 3.8) is 0 Å². The van der Waals surface area contributed by atoms with Crippen LogP contribution in [0.25, 0.3) is 11.1 Å². The number of benzene rings is 1. The van der Waals surface area contributed by atoms with Crippen molar-refractivity contribution in [2.45, 2.75) is 44.6 Å². The minimum absolute atomic E-state index is 0.175. The highest BCUT2D eigenvalue weighted by Gasteiger charge is 2.34. The van der Waals surface area contributed by atoms with Gasteiger partial charge in [-0.2, -0.15) is 4.98 Å². The maximum atomic E-state index is 13.4. The number of hydrogen-bond acceptors (Lipinski definition) is 4. The first-order valence-corrected chi connectivity index (χ1v) is 9.08. The Balaban J connectivity index is 1.54. The van der Waals surface area contributed by atoms with E-state index in [2.05, 4.69) is 21.5 Å². The molecule has 2 aliphatic rings. The molecule has 130 valence electrons. The maximum absolute atomic E-state index is 13.4. The van der Waals surface area contributed by atoms with E-state index in [0.29, 0.717) is 17.1 Å². The van der Waals surface area contributed by atoms with E-state index in [1.165, 1.54) is 36.4 Å². The van der Waals surface area contributed by atoms with Crippen molar-refractivity contribution in [1.29, 1.82) is 0 Å². The van der Waals surface area contributed by atoms with E-state index < -0.39 is 0 Å². The number of aryl methyl sites for hydroxylation is 1. The number of fused-ring (bicyclic) bond motifs is 2. The minimum atomic E-state index is -0.290. The maximum Gasteiger partial charge on any atom is 0.299 e. The molecule has 0 saturated carbocycles. The Morgan fingerprint density at radius 1 is 1.16 bits per heavy atom. The highest BCUT2D eigenvalue weighted by Crippen LogP contribution is 2.37. The fraction of sp³-hybridized carbons (Fsp3) is 0.474. The monoisotopic (exact) mass is 340 g/mol. The van der Waals surface area contributed by atoms with Gasteiger partial charge in [0.2, 0.25) is 0 Å². The van der Waals surface area contributed by atoms with E-state index in [0.717, 1.165) is 38.1 Å². The lowest BCUT2D eigenvalue weighted by Crippen LogP contribution is -2.25. The molecule has 25 heavy (non-hydrogen) atoms. The van der Waals surface area contributed by atoms with E-state index in [9.17, 15) is 4.39 Å². The van der Waals surface area contributed by atoms with Crippen LogP contribution in [0.1, 0.15) is 48.9 Å². The molecule has 5 rings (SSSR count). The van der Waals surface area contributed by atoms with Crippen LogP contribution in [0.3, 0.4) is 0 Å². The molecule has 1 aromatic carbocycles. The summed E-state index contributed by atoms with van der Waals surface area (Å²) in [6, 6.07) is 5.22. The molecule has 0 spiro atoms. The number of hydrogen-bond donors (Lipinski definition) is 0. The molecule has 0 radical (unpaired) electrons. The summed E-state index contributed by atoms with van der Waals surface area (Å²) in [6.07, 6.45) is 6.80. The van der Waals surface area contributed by atoms with Gasteiger partial charge < -0.3 is 13.9 Å². The molecule has 5 nitrogen and oxygen atoms in total. The third-order valence-corrected chi connectivity index (χ3v) is 5.54. The third-order valence-electron chi connectivity index (χ3n) is 5.54. The molecule has 1 aliphatic carbocycles. The highest BCUT2D eigenvalue weighted by molar-refractivity contribution is 5.74. The van der Waals surface area contributed by atoms with E-state index in [4.69, 9.17) is 9.40 Å². The molecule has 0 N–H and O–H groups in total. The highest BCUT2D eigenvalue weighted by atomic mass is 19.1. The van der Waals surface area contributed by atoms with Crippen LogP contribution < -0.4 is 4.90 Å². The SMILES string of the molecule is Cn1c([C@@H]2CCCN2c2nc3cc(F)ccc3o2)nc2c1CCCC2. The lowest BCUT2D eigenvalue weighted by molar-refractivity contribution is 0.536. The van der Waals surface area contributed by atoms with Crippen molar-refractivity contribution in [1.82, 2.24) is 14.5 Å². The first-order valence-electron chi connectivity index (χ1n) is 9.08. The molecule has 0 unspecified atom stereocenters. The topological polar surface area (TPSA) is 47.1 Å². The fourth-order valence-electron chi connectivity index (χ4n) is 4.28. The summed E-state index contributed by atoms with van der Waals surface area (Å²) in [5, 5.41) is 0. The predicted molar refractivity (Wildman–Crippen MR) is 93.1 cm³/mol. The van der Waals surface area contributed by atoms with Crippen molar-refractivity contribution < 1.29 is 8.81 Å². The van der Waals surface area contributed by atoms with Gasteiger partial charge in [-0.05, 0) is 50.7 Å². The van der Waals surface area contributed by atoms with Crippen LogP contribution in [0.15, 0.2) is 22.6 Å². The second kappa shape index (κ2) is 5.58. The smallest absolute Gasteiger partial charge is 0.299 e. The summed E-state index contributed by atoms with van der Waals surface area (Å²) in [7, 11) is 2.13. The summed E-state index contributed by atoms with van der Waals surface area (Å²) < 4.78 is 21.6. The van der Waals surface area contributed by atoms with Gasteiger partial charge in [0.05, 0.1) is 11.7 Å². The average Bonchev–Trinajstić information content (AvgIpc) is 3.31. The number of rotatable bonds is 2. The molecular weight excluding hydrogens is 319 g/mol. The van der Waals surface area contributed by atoms with Crippen LogP contribution in [0, 0.1) is 5.82 Å². The van der Waals surface area contributed by atoms with Crippen LogP contribution in [0.5, 0.6) is 0 Å². The predicted octanol–water partition coefficient (Wildman–Crippen LogP) is 3.92. The second-order valence-electron chi connectivity index (χ2n) is 7.09. The lowest BCUT2D eigenvalue weighted by atomic mass is 10.0. The van der Waals surface area contributed by atoms with Gasteiger partial charge in [0.1, 0.15) is 17.2 Å². The van der Waals surface area contributed by atoms with E-state index in [1.54, 1.807) is 6.07 Å². The molecule has 2 aromatic heterocycles.